The van der Waals surface area contributed by atoms with E-state index in [1.807, 2.05) is 13.1 Å². The number of hydrogen-bond acceptors (Lipinski definition) is 3. The number of aliphatic imine (C=N–C) groups is 1. The van der Waals surface area contributed by atoms with Crippen molar-refractivity contribution in [3.05, 3.63) is 30.3 Å². The number of hydrogen-bond donors (Lipinski definition) is 1. The minimum absolute atomic E-state index is 0.158. The molecule has 1 heterocycles. The van der Waals surface area contributed by atoms with Crippen LogP contribution in [0.2, 0.25) is 0 Å². The first-order valence-corrected chi connectivity index (χ1v) is 10.9. The van der Waals surface area contributed by atoms with E-state index in [9.17, 15) is 8.42 Å². The van der Waals surface area contributed by atoms with Crippen molar-refractivity contribution in [1.29, 1.82) is 0 Å². The second-order valence-electron chi connectivity index (χ2n) is 7.34. The monoisotopic (exact) mass is 363 g/mol. The molecule has 1 saturated heterocycles. The predicted molar refractivity (Wildman–Crippen MR) is 102 cm³/mol. The lowest BCUT2D eigenvalue weighted by molar-refractivity contribution is 0.309. The van der Waals surface area contributed by atoms with Gasteiger partial charge in [-0.1, -0.05) is 31.0 Å². The van der Waals surface area contributed by atoms with Gasteiger partial charge in [-0.3, -0.25) is 4.99 Å². The summed E-state index contributed by atoms with van der Waals surface area (Å²) in [4.78, 5) is 7.15. The number of guanidine groups is 1. The fourth-order valence-electron chi connectivity index (χ4n) is 4.19. The molecular formula is C19H29N3O2S. The first kappa shape index (κ1) is 18.2. The smallest absolute Gasteiger partial charge is 0.193 e. The molecule has 0 aromatic heterocycles. The van der Waals surface area contributed by atoms with Crippen molar-refractivity contribution in [3.8, 4) is 0 Å². The molecule has 0 atom stereocenters. The lowest BCUT2D eigenvalue weighted by Gasteiger charge is -2.25. The lowest BCUT2D eigenvalue weighted by Crippen LogP contribution is -2.41. The van der Waals surface area contributed by atoms with Crippen LogP contribution >= 0.6 is 0 Å². The van der Waals surface area contributed by atoms with E-state index in [1.165, 1.54) is 32.1 Å². The number of sulfone groups is 1. The van der Waals surface area contributed by atoms with E-state index in [0.29, 0.717) is 23.3 Å². The molecule has 25 heavy (non-hydrogen) atoms. The van der Waals surface area contributed by atoms with Crippen LogP contribution in [0.1, 0.15) is 38.5 Å². The Labute approximate surface area is 151 Å². The molecule has 0 amide bonds. The highest BCUT2D eigenvalue weighted by molar-refractivity contribution is 7.91. The van der Waals surface area contributed by atoms with Crippen LogP contribution in [0.3, 0.4) is 0 Å². The zero-order valence-electron chi connectivity index (χ0n) is 15.1. The van der Waals surface area contributed by atoms with Gasteiger partial charge >= 0.3 is 0 Å². The van der Waals surface area contributed by atoms with Gasteiger partial charge in [-0.25, -0.2) is 8.42 Å². The Morgan fingerprint density at radius 3 is 2.60 bits per heavy atom. The van der Waals surface area contributed by atoms with Crippen molar-refractivity contribution in [2.45, 2.75) is 43.4 Å². The molecule has 1 spiro atoms. The van der Waals surface area contributed by atoms with Gasteiger partial charge < -0.3 is 10.2 Å². The van der Waals surface area contributed by atoms with Gasteiger partial charge in [-0.05, 0) is 43.2 Å². The Hall–Kier alpha value is -1.56. The second-order valence-corrected chi connectivity index (χ2v) is 9.45. The van der Waals surface area contributed by atoms with Gasteiger partial charge in [0.05, 0.1) is 10.6 Å². The average Bonchev–Trinajstić information content (AvgIpc) is 3.26. The summed E-state index contributed by atoms with van der Waals surface area (Å²) in [7, 11) is -1.39. The summed E-state index contributed by atoms with van der Waals surface area (Å²) in [6.07, 6.45) is 7.24. The minimum Gasteiger partial charge on any atom is -0.356 e. The first-order valence-electron chi connectivity index (χ1n) is 9.28. The van der Waals surface area contributed by atoms with E-state index in [2.05, 4.69) is 15.2 Å². The number of likely N-dealkylation sites (tertiary alicyclic amines) is 1. The minimum atomic E-state index is -3.20. The molecule has 5 nitrogen and oxygen atoms in total. The van der Waals surface area contributed by atoms with E-state index in [4.69, 9.17) is 0 Å². The molecule has 3 rings (SSSR count). The highest BCUT2D eigenvalue weighted by Crippen LogP contribution is 2.45. The molecule has 0 bridgehead atoms. The Balaban J connectivity index is 1.46. The van der Waals surface area contributed by atoms with Gasteiger partial charge in [0.2, 0.25) is 0 Å². The Kier molecular flexibility index (Phi) is 5.67. The lowest BCUT2D eigenvalue weighted by atomic mass is 9.86. The molecule has 2 aliphatic rings. The number of rotatable bonds is 5. The Morgan fingerprint density at radius 2 is 1.92 bits per heavy atom. The maximum absolute atomic E-state index is 12.3. The van der Waals surface area contributed by atoms with Crippen LogP contribution in [-0.4, -0.2) is 51.7 Å². The van der Waals surface area contributed by atoms with Gasteiger partial charge in [0.25, 0.3) is 0 Å². The first-order chi connectivity index (χ1) is 12.0. The summed E-state index contributed by atoms with van der Waals surface area (Å²) in [6, 6.07) is 8.68. The molecule has 0 radical (unpaired) electrons. The normalized spacial score (nSPS) is 20.4. The van der Waals surface area contributed by atoms with Gasteiger partial charge in [0.15, 0.2) is 15.8 Å². The van der Waals surface area contributed by atoms with Crippen LogP contribution in [0.4, 0.5) is 0 Å². The fourth-order valence-corrected chi connectivity index (χ4v) is 5.52. The van der Waals surface area contributed by atoms with Gasteiger partial charge in [-0.15, -0.1) is 0 Å². The topological polar surface area (TPSA) is 61.8 Å². The summed E-state index contributed by atoms with van der Waals surface area (Å²) in [5, 5.41) is 3.35. The van der Waals surface area contributed by atoms with Crippen molar-refractivity contribution in [2.24, 2.45) is 10.4 Å². The highest BCUT2D eigenvalue weighted by Gasteiger charge is 2.41. The predicted octanol–water partition coefficient (Wildman–Crippen LogP) is 2.69. The molecule has 1 aromatic carbocycles. The number of nitrogens with zero attached hydrogens (tertiary/aromatic N) is 2. The zero-order valence-corrected chi connectivity index (χ0v) is 15.9. The average molecular weight is 364 g/mol. The fraction of sp³-hybridized carbons (Fsp3) is 0.632. The standard InChI is InChI=1S/C19H29N3O2S/c1-20-18(22-14-12-19(16-22)10-5-6-11-19)21-13-7-15-25(23,24)17-8-3-2-4-9-17/h2-4,8-9H,5-7,10-16H2,1H3,(H,20,21). The molecule has 138 valence electrons. The molecule has 1 N–H and O–H groups in total. The van der Waals surface area contributed by atoms with Gasteiger partial charge in [0.1, 0.15) is 0 Å². The van der Waals surface area contributed by atoms with Crippen molar-refractivity contribution in [3.63, 3.8) is 0 Å². The molecule has 1 aromatic rings. The van der Waals surface area contributed by atoms with Crippen molar-refractivity contribution < 1.29 is 8.42 Å². The summed E-state index contributed by atoms with van der Waals surface area (Å²) < 4.78 is 24.6. The van der Waals surface area contributed by atoms with E-state index in [1.54, 1.807) is 24.3 Å². The van der Waals surface area contributed by atoms with E-state index in [-0.39, 0.29) is 5.75 Å². The molecule has 2 fully saturated rings. The molecule has 1 aliphatic heterocycles. The molecular weight excluding hydrogens is 334 g/mol. The van der Waals surface area contributed by atoms with Crippen LogP contribution in [0, 0.1) is 5.41 Å². The maximum atomic E-state index is 12.3. The van der Waals surface area contributed by atoms with Crippen molar-refractivity contribution in [2.75, 3.05) is 32.4 Å². The van der Waals surface area contributed by atoms with Crippen molar-refractivity contribution >= 4 is 15.8 Å². The maximum Gasteiger partial charge on any atom is 0.193 e. The van der Waals surface area contributed by atoms with Crippen LogP contribution in [-0.2, 0) is 9.84 Å². The largest absolute Gasteiger partial charge is 0.356 e. The third-order valence-electron chi connectivity index (χ3n) is 5.59. The van der Waals surface area contributed by atoms with Crippen LogP contribution in [0.5, 0.6) is 0 Å². The van der Waals surface area contributed by atoms with Crippen LogP contribution < -0.4 is 5.32 Å². The second kappa shape index (κ2) is 7.77. The Morgan fingerprint density at radius 1 is 1.20 bits per heavy atom. The molecule has 0 unspecified atom stereocenters. The number of benzene rings is 1. The third-order valence-corrected chi connectivity index (χ3v) is 7.41. The quantitative estimate of drug-likeness (QED) is 0.496. The Bertz CT molecular complexity index is 695. The van der Waals surface area contributed by atoms with Gasteiger partial charge in [0, 0.05) is 26.7 Å². The molecule has 1 aliphatic carbocycles. The van der Waals surface area contributed by atoms with Crippen LogP contribution in [0.15, 0.2) is 40.2 Å². The van der Waals surface area contributed by atoms with Gasteiger partial charge in [-0.2, -0.15) is 0 Å². The summed E-state index contributed by atoms with van der Waals surface area (Å²) in [5.74, 6) is 1.08. The molecule has 1 saturated carbocycles. The van der Waals surface area contributed by atoms with E-state index >= 15 is 0 Å². The molecule has 6 heteroatoms. The zero-order chi connectivity index (χ0) is 17.8. The highest BCUT2D eigenvalue weighted by atomic mass is 32.2. The van der Waals surface area contributed by atoms with Crippen LogP contribution in [0.25, 0.3) is 0 Å². The summed E-state index contributed by atoms with van der Waals surface area (Å²) in [6.45, 7) is 2.78. The van der Waals surface area contributed by atoms with E-state index in [0.717, 1.165) is 19.0 Å². The third kappa shape index (κ3) is 4.35. The number of nitrogens with one attached hydrogen (secondary N) is 1. The summed E-state index contributed by atoms with van der Waals surface area (Å²) >= 11 is 0. The SMILES string of the molecule is CN=C(NCCCS(=O)(=O)c1ccccc1)N1CCC2(CCCC2)C1. The van der Waals surface area contributed by atoms with Crippen molar-refractivity contribution in [1.82, 2.24) is 10.2 Å². The summed E-state index contributed by atoms with van der Waals surface area (Å²) in [5.41, 5.74) is 0.508. The van der Waals surface area contributed by atoms with E-state index < -0.39 is 9.84 Å².